The first kappa shape index (κ1) is 20.0. The molecule has 3 rings (SSSR count). The van der Waals surface area contributed by atoms with Crippen LogP contribution in [-0.2, 0) is 10.0 Å². The lowest BCUT2D eigenvalue weighted by Crippen LogP contribution is -2.38. The number of sulfonamides is 1. The molecule has 5 nitrogen and oxygen atoms in total. The summed E-state index contributed by atoms with van der Waals surface area (Å²) in [6.45, 7) is 0.255. The molecule has 0 aromatic heterocycles. The summed E-state index contributed by atoms with van der Waals surface area (Å²) in [5, 5.41) is 0.491. The van der Waals surface area contributed by atoms with Crippen molar-refractivity contribution in [3.05, 3.63) is 53.6 Å². The smallest absolute Gasteiger partial charge is 0.240 e. The molecule has 1 aliphatic carbocycles. The molecule has 0 radical (unpaired) electrons. The largest absolute Gasteiger partial charge is 0.456 e. The van der Waals surface area contributed by atoms with E-state index >= 15 is 0 Å². The summed E-state index contributed by atoms with van der Waals surface area (Å²) in [5.41, 5.74) is 5.93. The Morgan fingerprint density at radius 3 is 2.40 bits per heavy atom. The highest BCUT2D eigenvalue weighted by Crippen LogP contribution is 2.31. The Morgan fingerprint density at radius 2 is 1.80 bits per heavy atom. The zero-order valence-corrected chi connectivity index (χ0v) is 15.8. The van der Waals surface area contributed by atoms with Crippen molar-refractivity contribution in [3.8, 4) is 11.5 Å². The van der Waals surface area contributed by atoms with E-state index in [0.717, 1.165) is 12.8 Å². The molecule has 1 atom stereocenters. The van der Waals surface area contributed by atoms with Gasteiger partial charge in [-0.1, -0.05) is 23.7 Å². The molecule has 2 aromatic rings. The fraction of sp³-hybridized carbons (Fsp3) is 0.294. The fourth-order valence-electron chi connectivity index (χ4n) is 2.32. The standard InChI is InChI=1S/C17H19ClN2O3S.ClH/c18-15-3-1-2-4-17(15)23-13-7-9-14(10-8-13)24(21,22)20-11-16(19)12-5-6-12;/h1-4,7-10,12,16,20H,5-6,11,19H2;1H. The lowest BCUT2D eigenvalue weighted by atomic mass is 10.2. The van der Waals surface area contributed by atoms with E-state index in [0.29, 0.717) is 22.4 Å². The third kappa shape index (κ3) is 5.33. The Labute approximate surface area is 159 Å². The van der Waals surface area contributed by atoms with Crippen molar-refractivity contribution < 1.29 is 13.2 Å². The molecule has 8 heteroatoms. The molecule has 1 fully saturated rings. The molecule has 0 bridgehead atoms. The van der Waals surface area contributed by atoms with Gasteiger partial charge in [0.1, 0.15) is 11.5 Å². The molecule has 0 saturated heterocycles. The van der Waals surface area contributed by atoms with Gasteiger partial charge in [0, 0.05) is 12.6 Å². The van der Waals surface area contributed by atoms with E-state index in [1.165, 1.54) is 12.1 Å². The Kier molecular flexibility index (Phi) is 6.71. The van der Waals surface area contributed by atoms with Crippen molar-refractivity contribution >= 4 is 34.0 Å². The van der Waals surface area contributed by atoms with E-state index in [1.807, 2.05) is 12.1 Å². The summed E-state index contributed by atoms with van der Waals surface area (Å²) < 4.78 is 32.8. The summed E-state index contributed by atoms with van der Waals surface area (Å²) in [7, 11) is -3.57. The molecule has 2 aromatic carbocycles. The molecular weight excluding hydrogens is 383 g/mol. The van der Waals surface area contributed by atoms with E-state index in [2.05, 4.69) is 4.72 Å². The minimum absolute atomic E-state index is 0. The molecule has 136 valence electrons. The number of para-hydroxylation sites is 1. The monoisotopic (exact) mass is 402 g/mol. The van der Waals surface area contributed by atoms with Crippen LogP contribution in [0.3, 0.4) is 0 Å². The van der Waals surface area contributed by atoms with Crippen molar-refractivity contribution in [3.63, 3.8) is 0 Å². The van der Waals surface area contributed by atoms with Gasteiger partial charge in [-0.05, 0) is 55.2 Å². The maximum atomic E-state index is 12.3. The van der Waals surface area contributed by atoms with Crippen LogP contribution in [0.15, 0.2) is 53.4 Å². The molecule has 1 unspecified atom stereocenters. The van der Waals surface area contributed by atoms with Crippen molar-refractivity contribution in [1.29, 1.82) is 0 Å². The van der Waals surface area contributed by atoms with E-state index < -0.39 is 10.0 Å². The highest BCUT2D eigenvalue weighted by atomic mass is 35.5. The van der Waals surface area contributed by atoms with Crippen LogP contribution < -0.4 is 15.2 Å². The SMILES string of the molecule is Cl.NC(CNS(=O)(=O)c1ccc(Oc2ccccc2Cl)cc1)C1CC1. The minimum Gasteiger partial charge on any atom is -0.456 e. The molecule has 3 N–H and O–H groups in total. The molecule has 25 heavy (non-hydrogen) atoms. The van der Waals surface area contributed by atoms with Crippen LogP contribution >= 0.6 is 24.0 Å². The topological polar surface area (TPSA) is 81.4 Å². The summed E-state index contributed by atoms with van der Waals surface area (Å²) in [4.78, 5) is 0.178. The Bertz CT molecular complexity index is 809. The molecule has 1 aliphatic rings. The molecule has 0 spiro atoms. The van der Waals surface area contributed by atoms with E-state index in [4.69, 9.17) is 22.1 Å². The van der Waals surface area contributed by atoms with Crippen molar-refractivity contribution in [1.82, 2.24) is 4.72 Å². The number of benzene rings is 2. The average Bonchev–Trinajstić information content (AvgIpc) is 3.40. The quantitative estimate of drug-likeness (QED) is 0.741. The Hall–Kier alpha value is -1.31. The average molecular weight is 403 g/mol. The van der Waals surface area contributed by atoms with Gasteiger partial charge in [0.25, 0.3) is 0 Å². The number of halogens is 2. The molecule has 0 aliphatic heterocycles. The van der Waals surface area contributed by atoms with Crippen LogP contribution in [0, 0.1) is 5.92 Å². The van der Waals surface area contributed by atoms with Crippen molar-refractivity contribution in [2.75, 3.05) is 6.54 Å². The normalized spacial score (nSPS) is 15.3. The third-order valence-electron chi connectivity index (χ3n) is 3.94. The second-order valence-electron chi connectivity index (χ2n) is 5.86. The number of hydrogen-bond acceptors (Lipinski definition) is 4. The van der Waals surface area contributed by atoms with Crippen LogP contribution in [-0.4, -0.2) is 21.0 Å². The third-order valence-corrected chi connectivity index (χ3v) is 5.69. The van der Waals surface area contributed by atoms with Crippen LogP contribution in [0.25, 0.3) is 0 Å². The zero-order valence-electron chi connectivity index (χ0n) is 13.4. The van der Waals surface area contributed by atoms with Crippen molar-refractivity contribution in [2.24, 2.45) is 11.7 Å². The van der Waals surface area contributed by atoms with E-state index in [-0.39, 0.29) is 29.9 Å². The molecular formula is C17H20Cl2N2O3S. The maximum Gasteiger partial charge on any atom is 0.240 e. The zero-order chi connectivity index (χ0) is 17.2. The van der Waals surface area contributed by atoms with Crippen LogP contribution in [0.4, 0.5) is 0 Å². The minimum atomic E-state index is -3.57. The van der Waals surface area contributed by atoms with E-state index in [9.17, 15) is 8.42 Å². The highest BCUT2D eigenvalue weighted by molar-refractivity contribution is 7.89. The van der Waals surface area contributed by atoms with E-state index in [1.54, 1.807) is 24.3 Å². The Balaban J connectivity index is 0.00000225. The summed E-state index contributed by atoms with van der Waals surface area (Å²) in [6, 6.07) is 13.2. The van der Waals surface area contributed by atoms with Gasteiger partial charge in [0.15, 0.2) is 0 Å². The van der Waals surface area contributed by atoms with Gasteiger partial charge in [0.05, 0.1) is 9.92 Å². The van der Waals surface area contributed by atoms with Gasteiger partial charge in [-0.2, -0.15) is 0 Å². The number of rotatable bonds is 7. The van der Waals surface area contributed by atoms with Crippen LogP contribution in [0.1, 0.15) is 12.8 Å². The van der Waals surface area contributed by atoms with Gasteiger partial charge in [-0.15, -0.1) is 12.4 Å². The van der Waals surface area contributed by atoms with Crippen LogP contribution in [0.2, 0.25) is 5.02 Å². The predicted octanol–water partition coefficient (Wildman–Crippen LogP) is 3.57. The molecule has 0 amide bonds. The molecule has 1 saturated carbocycles. The lowest BCUT2D eigenvalue weighted by molar-refractivity contribution is 0.482. The summed E-state index contributed by atoms with van der Waals surface area (Å²) in [6.07, 6.45) is 2.16. The van der Waals surface area contributed by atoms with Crippen LogP contribution in [0.5, 0.6) is 11.5 Å². The van der Waals surface area contributed by atoms with Gasteiger partial charge in [-0.25, -0.2) is 13.1 Å². The highest BCUT2D eigenvalue weighted by Gasteiger charge is 2.29. The second kappa shape index (κ2) is 8.38. The number of nitrogens with one attached hydrogen (secondary N) is 1. The van der Waals surface area contributed by atoms with Gasteiger partial charge >= 0.3 is 0 Å². The molecule has 0 heterocycles. The first-order valence-electron chi connectivity index (χ1n) is 7.73. The lowest BCUT2D eigenvalue weighted by Gasteiger charge is -2.12. The summed E-state index contributed by atoms with van der Waals surface area (Å²) in [5.74, 6) is 1.47. The second-order valence-corrected chi connectivity index (χ2v) is 8.03. The number of hydrogen-bond donors (Lipinski definition) is 2. The number of ether oxygens (including phenoxy) is 1. The number of nitrogens with two attached hydrogens (primary N) is 1. The Morgan fingerprint density at radius 1 is 1.16 bits per heavy atom. The van der Waals surface area contributed by atoms with Gasteiger partial charge in [0.2, 0.25) is 10.0 Å². The van der Waals surface area contributed by atoms with Gasteiger partial charge in [-0.3, -0.25) is 0 Å². The predicted molar refractivity (Wildman–Crippen MR) is 101 cm³/mol. The first-order chi connectivity index (χ1) is 11.5. The van der Waals surface area contributed by atoms with Gasteiger partial charge < -0.3 is 10.5 Å². The summed E-state index contributed by atoms with van der Waals surface area (Å²) >= 11 is 6.04. The fourth-order valence-corrected chi connectivity index (χ4v) is 3.57. The first-order valence-corrected chi connectivity index (χ1v) is 9.59. The maximum absolute atomic E-state index is 12.3. The van der Waals surface area contributed by atoms with Crippen molar-refractivity contribution in [2.45, 2.75) is 23.8 Å².